The second kappa shape index (κ2) is 7.55. The summed E-state index contributed by atoms with van der Waals surface area (Å²) in [6.45, 7) is 1.36. The third-order valence-corrected chi connectivity index (χ3v) is 4.71. The zero-order valence-electron chi connectivity index (χ0n) is 14.0. The molecule has 0 aliphatic carbocycles. The van der Waals surface area contributed by atoms with Gasteiger partial charge in [-0.3, -0.25) is 0 Å². The maximum atomic E-state index is 11.8. The molecule has 1 fully saturated rings. The monoisotopic (exact) mass is 351 g/mol. The van der Waals surface area contributed by atoms with Gasteiger partial charge in [-0.15, -0.1) is 0 Å². The standard InChI is InChI=1S/C18H22ClNO4/c1-20-15-10-12(6-8-24-17-5-3-4-7-23-17)9-14(19)13(15)11-16(20)18(21)22-2/h9-11,17H,3-8H2,1-2H3. The minimum absolute atomic E-state index is 0.0843. The van der Waals surface area contributed by atoms with Crippen LogP contribution in [0.25, 0.3) is 10.9 Å². The normalized spacial score (nSPS) is 18.0. The Balaban J connectivity index is 1.74. The summed E-state index contributed by atoms with van der Waals surface area (Å²) in [4.78, 5) is 11.8. The molecule has 6 heteroatoms. The van der Waals surface area contributed by atoms with Crippen LogP contribution in [0.3, 0.4) is 0 Å². The number of halogens is 1. The highest BCUT2D eigenvalue weighted by atomic mass is 35.5. The quantitative estimate of drug-likeness (QED) is 0.771. The van der Waals surface area contributed by atoms with Crippen LogP contribution in [0.1, 0.15) is 35.3 Å². The molecule has 1 unspecified atom stereocenters. The Bertz CT molecular complexity index is 734. The van der Waals surface area contributed by atoms with Gasteiger partial charge in [0.25, 0.3) is 0 Å². The van der Waals surface area contributed by atoms with Gasteiger partial charge in [-0.1, -0.05) is 11.6 Å². The maximum absolute atomic E-state index is 11.8. The van der Waals surface area contributed by atoms with Crippen molar-refractivity contribution in [3.8, 4) is 0 Å². The van der Waals surface area contributed by atoms with E-state index in [2.05, 4.69) is 0 Å². The van der Waals surface area contributed by atoms with E-state index in [4.69, 9.17) is 25.8 Å². The number of carbonyl (C=O) groups is 1. The highest BCUT2D eigenvalue weighted by molar-refractivity contribution is 6.35. The minimum Gasteiger partial charge on any atom is -0.464 e. The lowest BCUT2D eigenvalue weighted by Gasteiger charge is -2.22. The number of hydrogen-bond acceptors (Lipinski definition) is 4. The first-order valence-corrected chi connectivity index (χ1v) is 8.57. The van der Waals surface area contributed by atoms with Crippen molar-refractivity contribution in [2.75, 3.05) is 20.3 Å². The van der Waals surface area contributed by atoms with Gasteiger partial charge >= 0.3 is 5.97 Å². The topological polar surface area (TPSA) is 49.7 Å². The fourth-order valence-electron chi connectivity index (χ4n) is 3.04. The number of fused-ring (bicyclic) bond motifs is 1. The van der Waals surface area contributed by atoms with Gasteiger partial charge in [0.2, 0.25) is 0 Å². The van der Waals surface area contributed by atoms with Crippen molar-refractivity contribution < 1.29 is 19.0 Å². The van der Waals surface area contributed by atoms with Crippen molar-refractivity contribution in [3.05, 3.63) is 34.5 Å². The number of esters is 1. The zero-order valence-corrected chi connectivity index (χ0v) is 14.8. The maximum Gasteiger partial charge on any atom is 0.354 e. The lowest BCUT2D eigenvalue weighted by atomic mass is 10.1. The van der Waals surface area contributed by atoms with Crippen molar-refractivity contribution >= 4 is 28.5 Å². The Labute approximate surface area is 146 Å². The predicted octanol–water partition coefficient (Wildman–Crippen LogP) is 3.70. The molecule has 0 bridgehead atoms. The molecule has 0 spiro atoms. The van der Waals surface area contributed by atoms with Crippen LogP contribution in [0, 0.1) is 0 Å². The zero-order chi connectivity index (χ0) is 17.1. The van der Waals surface area contributed by atoms with Crippen LogP contribution in [0.2, 0.25) is 5.02 Å². The molecule has 1 aliphatic rings. The van der Waals surface area contributed by atoms with Crippen molar-refractivity contribution in [1.82, 2.24) is 4.57 Å². The molecule has 5 nitrogen and oxygen atoms in total. The van der Waals surface area contributed by atoms with Gasteiger partial charge < -0.3 is 18.8 Å². The molecule has 3 rings (SSSR count). The molecule has 2 heterocycles. The van der Waals surface area contributed by atoms with Crippen molar-refractivity contribution in [3.63, 3.8) is 0 Å². The van der Waals surface area contributed by atoms with Crippen molar-refractivity contribution in [1.29, 1.82) is 0 Å². The molecule has 1 atom stereocenters. The number of nitrogens with zero attached hydrogens (tertiary/aromatic N) is 1. The van der Waals surface area contributed by atoms with E-state index in [-0.39, 0.29) is 12.3 Å². The van der Waals surface area contributed by atoms with E-state index in [1.165, 1.54) is 7.11 Å². The van der Waals surface area contributed by atoms with Gasteiger partial charge in [-0.2, -0.15) is 0 Å². The molecule has 2 aromatic rings. The van der Waals surface area contributed by atoms with E-state index in [1.807, 2.05) is 23.7 Å². The van der Waals surface area contributed by atoms with Gasteiger partial charge in [-0.25, -0.2) is 4.79 Å². The van der Waals surface area contributed by atoms with Gasteiger partial charge in [0, 0.05) is 19.0 Å². The first-order chi connectivity index (χ1) is 11.6. The lowest BCUT2D eigenvalue weighted by molar-refractivity contribution is -0.161. The number of carbonyl (C=O) groups excluding carboxylic acids is 1. The summed E-state index contributed by atoms with van der Waals surface area (Å²) in [7, 11) is 3.21. The summed E-state index contributed by atoms with van der Waals surface area (Å²) in [5.41, 5.74) is 2.46. The first kappa shape index (κ1) is 17.3. The number of ether oxygens (including phenoxy) is 3. The van der Waals surface area contributed by atoms with Gasteiger partial charge in [0.05, 0.1) is 24.3 Å². The molecule has 130 valence electrons. The van der Waals surface area contributed by atoms with Crippen LogP contribution in [0.5, 0.6) is 0 Å². The largest absolute Gasteiger partial charge is 0.464 e. The summed E-state index contributed by atoms with van der Waals surface area (Å²) in [5.74, 6) is -0.371. The summed E-state index contributed by atoms with van der Waals surface area (Å²) in [5, 5.41) is 1.47. The molecule has 1 aromatic carbocycles. The Morgan fingerprint density at radius 2 is 2.21 bits per heavy atom. The minimum atomic E-state index is -0.371. The number of hydrogen-bond donors (Lipinski definition) is 0. The molecule has 0 saturated carbocycles. The summed E-state index contributed by atoms with van der Waals surface area (Å²) < 4.78 is 18.0. The fourth-order valence-corrected chi connectivity index (χ4v) is 3.33. The van der Waals surface area contributed by atoms with Gasteiger partial charge in [-0.05, 0) is 49.4 Å². The average molecular weight is 352 g/mol. The average Bonchev–Trinajstić information content (AvgIpc) is 2.93. The Morgan fingerprint density at radius 1 is 1.38 bits per heavy atom. The van der Waals surface area contributed by atoms with Crippen molar-refractivity contribution in [2.24, 2.45) is 7.05 Å². The van der Waals surface area contributed by atoms with Crippen molar-refractivity contribution in [2.45, 2.75) is 32.0 Å². The smallest absolute Gasteiger partial charge is 0.354 e. The van der Waals surface area contributed by atoms with E-state index in [1.54, 1.807) is 6.07 Å². The molecule has 1 saturated heterocycles. The first-order valence-electron chi connectivity index (χ1n) is 8.19. The molecule has 0 N–H and O–H groups in total. The van der Waals surface area contributed by atoms with E-state index in [0.717, 1.165) is 48.8 Å². The number of aryl methyl sites for hydroxylation is 1. The molecular weight excluding hydrogens is 330 g/mol. The fraction of sp³-hybridized carbons (Fsp3) is 0.500. The Hall–Kier alpha value is -1.56. The molecule has 1 aromatic heterocycles. The number of benzene rings is 1. The molecular formula is C18H22ClNO4. The summed E-state index contributed by atoms with van der Waals surface area (Å²) >= 11 is 6.39. The number of rotatable bonds is 5. The third kappa shape index (κ3) is 3.58. The van der Waals surface area contributed by atoms with Crippen LogP contribution in [0.4, 0.5) is 0 Å². The number of aromatic nitrogens is 1. The SMILES string of the molecule is COC(=O)c1cc2c(Cl)cc(CCOC3CCCCO3)cc2n1C. The van der Waals surface area contributed by atoms with E-state index in [9.17, 15) is 4.79 Å². The summed E-state index contributed by atoms with van der Waals surface area (Å²) in [6, 6.07) is 5.73. The molecule has 1 aliphatic heterocycles. The predicted molar refractivity (Wildman–Crippen MR) is 92.5 cm³/mol. The van der Waals surface area contributed by atoms with Crippen LogP contribution in [-0.2, 0) is 27.7 Å². The Morgan fingerprint density at radius 3 is 2.92 bits per heavy atom. The van der Waals surface area contributed by atoms with E-state index < -0.39 is 0 Å². The van der Waals surface area contributed by atoms with Gasteiger partial charge in [0.1, 0.15) is 5.69 Å². The van der Waals surface area contributed by atoms with Crippen LogP contribution in [-0.4, -0.2) is 37.1 Å². The second-order valence-corrected chi connectivity index (χ2v) is 6.41. The summed E-state index contributed by atoms with van der Waals surface area (Å²) in [6.07, 6.45) is 3.89. The Kier molecular flexibility index (Phi) is 5.43. The highest BCUT2D eigenvalue weighted by Gasteiger charge is 2.17. The molecule has 0 amide bonds. The van der Waals surface area contributed by atoms with Gasteiger partial charge in [0.15, 0.2) is 6.29 Å². The highest BCUT2D eigenvalue weighted by Crippen LogP contribution is 2.29. The van der Waals surface area contributed by atoms with Crippen LogP contribution < -0.4 is 0 Å². The van der Waals surface area contributed by atoms with E-state index >= 15 is 0 Å². The third-order valence-electron chi connectivity index (χ3n) is 4.40. The lowest BCUT2D eigenvalue weighted by Crippen LogP contribution is -2.23. The van der Waals surface area contributed by atoms with Crippen LogP contribution >= 0.6 is 11.6 Å². The van der Waals surface area contributed by atoms with Crippen LogP contribution in [0.15, 0.2) is 18.2 Å². The van der Waals surface area contributed by atoms with E-state index in [0.29, 0.717) is 17.3 Å². The second-order valence-electron chi connectivity index (χ2n) is 6.01. The molecule has 0 radical (unpaired) electrons. The number of methoxy groups -OCH3 is 1. The molecule has 24 heavy (non-hydrogen) atoms.